The average Bonchev–Trinajstić information content (AvgIpc) is 2.43. The Hall–Kier alpha value is 0.100. The fraction of sp³-hybridized carbons (Fsp3) is 0.875. The van der Waals surface area contributed by atoms with Gasteiger partial charge in [0.25, 0.3) is 0 Å². The van der Waals surface area contributed by atoms with Crippen LogP contribution in [0.1, 0.15) is 84.0 Å². The molecule has 0 rings (SSSR count). The van der Waals surface area contributed by atoms with Crippen LogP contribution in [0.4, 0.5) is 0 Å². The molecule has 21 heavy (non-hydrogen) atoms. The van der Waals surface area contributed by atoms with Crippen molar-refractivity contribution < 1.29 is 49.4 Å². The van der Waals surface area contributed by atoms with Crippen LogP contribution in [-0.4, -0.2) is 23.0 Å². The molecular weight excluding hydrogens is 279 g/mol. The molecule has 0 radical (unpaired) electrons. The maximum Gasteiger partial charge on any atom is 1.00 e. The van der Waals surface area contributed by atoms with Crippen LogP contribution in [0.15, 0.2) is 0 Å². The Balaban J connectivity index is 0. The van der Waals surface area contributed by atoms with Crippen LogP contribution in [-0.2, 0) is 9.59 Å². The maximum atomic E-state index is 11.2. The minimum atomic E-state index is -1.95. The first-order chi connectivity index (χ1) is 9.59. The summed E-state index contributed by atoms with van der Waals surface area (Å²) in [6, 6.07) is 0. The van der Waals surface area contributed by atoms with Gasteiger partial charge in [-0.3, -0.25) is 4.79 Å². The van der Waals surface area contributed by atoms with Crippen molar-refractivity contribution in [3.05, 3.63) is 0 Å². The standard InChI is InChI=1S/C16H30O4.Na/c1-2-3-4-5-6-7-8-9-10-11-12-13-14(17)15(18)16(19)20;/h15,18H,2-13H2,1H3,(H,19,20);/q;+1/p-1. The van der Waals surface area contributed by atoms with E-state index in [4.69, 9.17) is 5.11 Å². The van der Waals surface area contributed by atoms with E-state index in [2.05, 4.69) is 6.92 Å². The molecule has 0 aromatic rings. The number of carbonyl (C=O) groups excluding carboxylic acids is 2. The summed E-state index contributed by atoms with van der Waals surface area (Å²) in [6.07, 6.45) is 11.1. The molecular formula is C16H29NaO4. The molecule has 0 aliphatic rings. The quantitative estimate of drug-likeness (QED) is 0.263. The van der Waals surface area contributed by atoms with Crippen molar-refractivity contribution in [2.45, 2.75) is 90.1 Å². The first-order valence-corrected chi connectivity index (χ1v) is 8.01. The Bertz CT molecular complexity index is 269. The summed E-state index contributed by atoms with van der Waals surface area (Å²) in [7, 11) is 0. The first-order valence-electron chi connectivity index (χ1n) is 8.01. The summed E-state index contributed by atoms with van der Waals surface area (Å²) in [5.74, 6) is -2.33. The minimum absolute atomic E-state index is 0. The van der Waals surface area contributed by atoms with Gasteiger partial charge in [0.15, 0.2) is 11.9 Å². The van der Waals surface area contributed by atoms with Gasteiger partial charge in [-0.1, -0.05) is 71.1 Å². The molecule has 0 amide bonds. The zero-order valence-corrected chi connectivity index (χ0v) is 15.7. The third kappa shape index (κ3) is 14.8. The van der Waals surface area contributed by atoms with E-state index in [0.717, 1.165) is 12.8 Å². The molecule has 0 aliphatic carbocycles. The molecule has 118 valence electrons. The van der Waals surface area contributed by atoms with Crippen molar-refractivity contribution in [2.75, 3.05) is 0 Å². The van der Waals surface area contributed by atoms with Crippen LogP contribution in [0.2, 0.25) is 0 Å². The van der Waals surface area contributed by atoms with Gasteiger partial charge in [0.05, 0.1) is 5.97 Å². The molecule has 1 atom stereocenters. The van der Waals surface area contributed by atoms with Crippen LogP contribution in [0, 0.1) is 0 Å². The number of carboxylic acids is 1. The first kappa shape index (κ1) is 23.4. The van der Waals surface area contributed by atoms with Crippen LogP contribution in [0.5, 0.6) is 0 Å². The summed E-state index contributed by atoms with van der Waals surface area (Å²) < 4.78 is 0. The molecule has 0 aromatic carbocycles. The smallest absolute Gasteiger partial charge is 0.547 e. The van der Waals surface area contributed by atoms with E-state index in [1.54, 1.807) is 0 Å². The number of aliphatic hydroxyl groups is 1. The van der Waals surface area contributed by atoms with Crippen LogP contribution < -0.4 is 34.7 Å². The van der Waals surface area contributed by atoms with E-state index < -0.39 is 17.9 Å². The summed E-state index contributed by atoms with van der Waals surface area (Å²) in [6.45, 7) is 2.22. The number of hydrogen-bond donors (Lipinski definition) is 1. The SMILES string of the molecule is CCCCCCCCCCCCCC(=O)C(O)C(=O)[O-].[Na+]. The third-order valence-electron chi connectivity index (χ3n) is 3.55. The Morgan fingerprint density at radius 1 is 0.857 bits per heavy atom. The number of carboxylic acid groups (broad SMARTS) is 1. The minimum Gasteiger partial charge on any atom is -0.547 e. The molecule has 0 saturated heterocycles. The topological polar surface area (TPSA) is 77.4 Å². The van der Waals surface area contributed by atoms with Gasteiger partial charge in [-0.05, 0) is 6.42 Å². The van der Waals surface area contributed by atoms with E-state index in [9.17, 15) is 14.7 Å². The Kier molecular flexibility index (Phi) is 18.3. The van der Waals surface area contributed by atoms with Gasteiger partial charge in [0.1, 0.15) is 0 Å². The van der Waals surface area contributed by atoms with Crippen molar-refractivity contribution in [2.24, 2.45) is 0 Å². The number of Topliss-reactive ketones (excluding diaryl/α,β-unsaturated/α-hetero) is 1. The Morgan fingerprint density at radius 2 is 1.24 bits per heavy atom. The fourth-order valence-corrected chi connectivity index (χ4v) is 2.23. The van der Waals surface area contributed by atoms with Gasteiger partial charge in [0.2, 0.25) is 0 Å². The van der Waals surface area contributed by atoms with Crippen molar-refractivity contribution in [1.82, 2.24) is 0 Å². The molecule has 5 heteroatoms. The molecule has 0 aromatic heterocycles. The number of hydrogen-bond acceptors (Lipinski definition) is 4. The van der Waals surface area contributed by atoms with Gasteiger partial charge in [-0.2, -0.15) is 0 Å². The van der Waals surface area contributed by atoms with E-state index in [1.807, 2.05) is 0 Å². The van der Waals surface area contributed by atoms with Crippen molar-refractivity contribution in [3.63, 3.8) is 0 Å². The number of unbranched alkanes of at least 4 members (excludes halogenated alkanes) is 10. The summed E-state index contributed by atoms with van der Waals surface area (Å²) in [5, 5.41) is 19.2. The second kappa shape index (κ2) is 16.5. The predicted octanol–water partition coefficient (Wildman–Crippen LogP) is -0.629. The van der Waals surface area contributed by atoms with E-state index in [0.29, 0.717) is 6.42 Å². The molecule has 0 fully saturated rings. The van der Waals surface area contributed by atoms with Gasteiger partial charge < -0.3 is 15.0 Å². The monoisotopic (exact) mass is 308 g/mol. The second-order valence-corrected chi connectivity index (χ2v) is 5.47. The molecule has 0 spiro atoms. The Labute approximate surface area is 151 Å². The van der Waals surface area contributed by atoms with Gasteiger partial charge >= 0.3 is 29.6 Å². The molecule has 0 heterocycles. The number of aliphatic hydroxyl groups excluding tert-OH is 1. The van der Waals surface area contributed by atoms with Gasteiger partial charge in [-0.15, -0.1) is 0 Å². The normalized spacial score (nSPS) is 11.7. The molecule has 0 saturated carbocycles. The predicted molar refractivity (Wildman–Crippen MR) is 77.1 cm³/mol. The third-order valence-corrected chi connectivity index (χ3v) is 3.55. The zero-order chi connectivity index (χ0) is 15.2. The zero-order valence-electron chi connectivity index (χ0n) is 13.7. The molecule has 0 bridgehead atoms. The fourth-order valence-electron chi connectivity index (χ4n) is 2.23. The summed E-state index contributed by atoms with van der Waals surface area (Å²) in [4.78, 5) is 21.4. The summed E-state index contributed by atoms with van der Waals surface area (Å²) in [5.41, 5.74) is 0. The molecule has 0 aliphatic heterocycles. The van der Waals surface area contributed by atoms with Crippen molar-refractivity contribution >= 4 is 11.8 Å². The van der Waals surface area contributed by atoms with Crippen molar-refractivity contribution in [1.29, 1.82) is 0 Å². The molecule has 4 nitrogen and oxygen atoms in total. The van der Waals surface area contributed by atoms with E-state index >= 15 is 0 Å². The van der Waals surface area contributed by atoms with Gasteiger partial charge in [-0.25, -0.2) is 0 Å². The largest absolute Gasteiger partial charge is 1.00 e. The van der Waals surface area contributed by atoms with Crippen LogP contribution >= 0.6 is 0 Å². The number of ketones is 1. The second-order valence-electron chi connectivity index (χ2n) is 5.47. The van der Waals surface area contributed by atoms with E-state index in [1.165, 1.54) is 51.4 Å². The van der Waals surface area contributed by atoms with E-state index in [-0.39, 0.29) is 36.0 Å². The average molecular weight is 308 g/mol. The molecule has 1 unspecified atom stereocenters. The molecule has 1 N–H and O–H groups in total. The van der Waals surface area contributed by atoms with Crippen LogP contribution in [0.25, 0.3) is 0 Å². The number of rotatable bonds is 14. The Morgan fingerprint density at radius 3 is 1.62 bits per heavy atom. The number of aliphatic carboxylic acids is 1. The summed E-state index contributed by atoms with van der Waals surface area (Å²) >= 11 is 0. The van der Waals surface area contributed by atoms with Gasteiger partial charge in [0, 0.05) is 6.42 Å². The number of carbonyl (C=O) groups is 2. The van der Waals surface area contributed by atoms with Crippen LogP contribution in [0.3, 0.4) is 0 Å². The maximum absolute atomic E-state index is 11.2. The van der Waals surface area contributed by atoms with Crippen molar-refractivity contribution in [3.8, 4) is 0 Å².